The third-order valence-electron chi connectivity index (χ3n) is 5.56. The number of fused-ring (bicyclic) bond motifs is 1. The van der Waals surface area contributed by atoms with Gasteiger partial charge in [-0.25, -0.2) is 0 Å². The first-order chi connectivity index (χ1) is 15.9. The number of nitrogens with zero attached hydrogens (tertiary/aromatic N) is 2. The number of carbonyl (C=O) groups is 1. The highest BCUT2D eigenvalue weighted by molar-refractivity contribution is 6.24. The van der Waals surface area contributed by atoms with Gasteiger partial charge in [-0.15, -0.1) is 0 Å². The summed E-state index contributed by atoms with van der Waals surface area (Å²) in [7, 11) is 0. The summed E-state index contributed by atoms with van der Waals surface area (Å²) in [6, 6.07) is 20.6. The van der Waals surface area contributed by atoms with Gasteiger partial charge >= 0.3 is 0 Å². The Hall–Kier alpha value is -3.79. The lowest BCUT2D eigenvalue weighted by atomic mass is 9.93. The Morgan fingerprint density at radius 1 is 0.909 bits per heavy atom. The fraction of sp³-hybridized carbons (Fsp3) is 0.207. The maximum absolute atomic E-state index is 13.0. The van der Waals surface area contributed by atoms with Crippen LogP contribution in [0, 0.1) is 0 Å². The van der Waals surface area contributed by atoms with Crippen molar-refractivity contribution in [3.63, 3.8) is 0 Å². The molecule has 1 N–H and O–H groups in total. The van der Waals surface area contributed by atoms with Gasteiger partial charge in [0.1, 0.15) is 0 Å². The zero-order valence-electron chi connectivity index (χ0n) is 19.5. The molecule has 166 valence electrons. The molecule has 33 heavy (non-hydrogen) atoms. The van der Waals surface area contributed by atoms with Gasteiger partial charge in [0.2, 0.25) is 0 Å². The van der Waals surface area contributed by atoms with E-state index in [1.807, 2.05) is 56.5 Å². The van der Waals surface area contributed by atoms with E-state index in [1.54, 1.807) is 12.4 Å². The second kappa shape index (κ2) is 9.78. The quantitative estimate of drug-likeness (QED) is 0.352. The summed E-state index contributed by atoms with van der Waals surface area (Å²) in [5.41, 5.74) is 6.84. The van der Waals surface area contributed by atoms with Crippen molar-refractivity contribution in [2.75, 3.05) is 0 Å². The fourth-order valence-corrected chi connectivity index (χ4v) is 3.88. The molecule has 0 saturated heterocycles. The van der Waals surface area contributed by atoms with Gasteiger partial charge in [0.05, 0.1) is 5.52 Å². The summed E-state index contributed by atoms with van der Waals surface area (Å²) in [6.07, 6.45) is 7.19. The van der Waals surface area contributed by atoms with Crippen molar-refractivity contribution < 1.29 is 4.79 Å². The molecule has 4 heteroatoms. The van der Waals surface area contributed by atoms with Crippen LogP contribution in [0.1, 0.15) is 50.3 Å². The van der Waals surface area contributed by atoms with Crippen molar-refractivity contribution in [1.82, 2.24) is 15.3 Å². The monoisotopic (exact) mass is 435 g/mol. The lowest BCUT2D eigenvalue weighted by Crippen LogP contribution is -2.30. The van der Waals surface area contributed by atoms with Gasteiger partial charge in [-0.05, 0) is 84.5 Å². The van der Waals surface area contributed by atoms with Crippen LogP contribution in [-0.4, -0.2) is 21.9 Å². The van der Waals surface area contributed by atoms with Crippen LogP contribution in [0.25, 0.3) is 33.7 Å². The second-order valence-electron chi connectivity index (χ2n) is 8.85. The van der Waals surface area contributed by atoms with Gasteiger partial charge in [-0.2, -0.15) is 0 Å². The van der Waals surface area contributed by atoms with Gasteiger partial charge in [-0.1, -0.05) is 38.1 Å². The van der Waals surface area contributed by atoms with E-state index in [9.17, 15) is 4.79 Å². The zero-order valence-corrected chi connectivity index (χ0v) is 19.5. The van der Waals surface area contributed by atoms with Crippen molar-refractivity contribution >= 4 is 28.5 Å². The van der Waals surface area contributed by atoms with Crippen molar-refractivity contribution in [2.24, 2.45) is 0 Å². The number of hydrogen-bond acceptors (Lipinski definition) is 3. The number of rotatable bonds is 6. The summed E-state index contributed by atoms with van der Waals surface area (Å²) < 4.78 is 0. The Morgan fingerprint density at radius 2 is 1.70 bits per heavy atom. The third kappa shape index (κ3) is 5.17. The van der Waals surface area contributed by atoms with Crippen molar-refractivity contribution in [2.45, 2.75) is 39.7 Å². The van der Waals surface area contributed by atoms with E-state index < -0.39 is 0 Å². The number of pyridine rings is 2. The van der Waals surface area contributed by atoms with Crippen molar-refractivity contribution in [3.8, 4) is 11.1 Å². The lowest BCUT2D eigenvalue weighted by Gasteiger charge is -2.14. The Kier molecular flexibility index (Phi) is 6.64. The molecular formula is C29H29N3O. The highest BCUT2D eigenvalue weighted by Gasteiger charge is 2.14. The second-order valence-corrected chi connectivity index (χ2v) is 8.85. The third-order valence-corrected chi connectivity index (χ3v) is 5.56. The predicted octanol–water partition coefficient (Wildman–Crippen LogP) is 6.49. The van der Waals surface area contributed by atoms with E-state index in [1.165, 1.54) is 5.56 Å². The van der Waals surface area contributed by atoms with Crippen molar-refractivity contribution in [1.29, 1.82) is 0 Å². The highest BCUT2D eigenvalue weighted by atomic mass is 16.1. The van der Waals surface area contributed by atoms with Gasteiger partial charge in [-0.3, -0.25) is 14.8 Å². The molecule has 4 nitrogen and oxygen atoms in total. The normalized spacial score (nSPS) is 11.9. The molecule has 0 aliphatic carbocycles. The summed E-state index contributed by atoms with van der Waals surface area (Å²) >= 11 is 0. The van der Waals surface area contributed by atoms with E-state index >= 15 is 0 Å². The van der Waals surface area contributed by atoms with Crippen LogP contribution in [0.2, 0.25) is 0 Å². The minimum absolute atomic E-state index is 0.0466. The number of nitrogens with one attached hydrogen (secondary N) is 1. The number of hydrogen-bond donors (Lipinski definition) is 1. The first-order valence-electron chi connectivity index (χ1n) is 11.3. The average Bonchev–Trinajstić information content (AvgIpc) is 2.82. The fourth-order valence-electron chi connectivity index (χ4n) is 3.88. The van der Waals surface area contributed by atoms with Crippen LogP contribution in [0.4, 0.5) is 0 Å². The molecule has 4 rings (SSSR count). The summed E-state index contributed by atoms with van der Waals surface area (Å²) in [5.74, 6) is 0.310. The van der Waals surface area contributed by atoms with Crippen LogP contribution in [0.5, 0.6) is 0 Å². The van der Waals surface area contributed by atoms with Gasteiger partial charge < -0.3 is 5.32 Å². The Labute approximate surface area is 195 Å². The molecule has 0 fully saturated rings. The SMILES string of the molecule is CC(C)NC(=O)/C(=C/c1cccc(-c2cc(C(C)C)cc3cccnc23)c1)c1ccncc1. The molecular weight excluding hydrogens is 406 g/mol. The largest absolute Gasteiger partial charge is 0.350 e. The number of aromatic nitrogens is 2. The topological polar surface area (TPSA) is 54.9 Å². The maximum atomic E-state index is 13.0. The van der Waals surface area contributed by atoms with E-state index in [2.05, 4.69) is 59.5 Å². The first kappa shape index (κ1) is 22.4. The molecule has 0 aliphatic rings. The van der Waals surface area contributed by atoms with Gasteiger partial charge in [0.25, 0.3) is 5.91 Å². The molecule has 0 radical (unpaired) electrons. The average molecular weight is 436 g/mol. The number of benzene rings is 2. The smallest absolute Gasteiger partial charge is 0.252 e. The summed E-state index contributed by atoms with van der Waals surface area (Å²) in [4.78, 5) is 21.8. The minimum Gasteiger partial charge on any atom is -0.350 e. The molecule has 0 bridgehead atoms. The Morgan fingerprint density at radius 3 is 2.42 bits per heavy atom. The molecule has 2 aromatic carbocycles. The minimum atomic E-state index is -0.101. The van der Waals surface area contributed by atoms with Gasteiger partial charge in [0, 0.05) is 41.2 Å². The maximum Gasteiger partial charge on any atom is 0.252 e. The van der Waals surface area contributed by atoms with Crippen LogP contribution in [-0.2, 0) is 4.79 Å². The van der Waals surface area contributed by atoms with E-state index in [0.717, 1.165) is 33.2 Å². The van der Waals surface area contributed by atoms with E-state index in [-0.39, 0.29) is 11.9 Å². The Balaban J connectivity index is 1.84. The predicted molar refractivity (Wildman–Crippen MR) is 137 cm³/mol. The number of carbonyl (C=O) groups excluding carboxylic acids is 1. The first-order valence-corrected chi connectivity index (χ1v) is 11.3. The standard InChI is InChI=1S/C29H29N3O/c1-19(2)25-17-24-9-6-12-31-28(24)26(18-25)23-8-5-7-21(15-23)16-27(29(33)32-20(3)4)22-10-13-30-14-11-22/h5-20H,1-4H3,(H,32,33)/b27-16+. The zero-order chi connectivity index (χ0) is 23.4. The molecule has 1 amide bonds. The Bertz CT molecular complexity index is 1310. The molecule has 0 atom stereocenters. The molecule has 0 unspecified atom stereocenters. The molecule has 0 aliphatic heterocycles. The molecule has 2 heterocycles. The molecule has 2 aromatic heterocycles. The van der Waals surface area contributed by atoms with E-state index in [4.69, 9.17) is 0 Å². The van der Waals surface area contributed by atoms with Crippen LogP contribution >= 0.6 is 0 Å². The van der Waals surface area contributed by atoms with E-state index in [0.29, 0.717) is 11.5 Å². The number of amides is 1. The molecule has 0 saturated carbocycles. The van der Waals surface area contributed by atoms with Gasteiger partial charge in [0.15, 0.2) is 0 Å². The molecule has 0 spiro atoms. The van der Waals surface area contributed by atoms with Crippen LogP contribution in [0.15, 0.2) is 79.3 Å². The van der Waals surface area contributed by atoms with Crippen LogP contribution < -0.4 is 5.32 Å². The van der Waals surface area contributed by atoms with Crippen molar-refractivity contribution in [3.05, 3.63) is 95.9 Å². The summed E-state index contributed by atoms with van der Waals surface area (Å²) in [6.45, 7) is 8.33. The summed E-state index contributed by atoms with van der Waals surface area (Å²) in [5, 5.41) is 4.15. The van der Waals surface area contributed by atoms with Crippen LogP contribution in [0.3, 0.4) is 0 Å². The highest BCUT2D eigenvalue weighted by Crippen LogP contribution is 2.32. The lowest BCUT2D eigenvalue weighted by molar-refractivity contribution is -0.116. The molecule has 4 aromatic rings.